The van der Waals surface area contributed by atoms with E-state index in [0.717, 1.165) is 24.8 Å². The van der Waals surface area contributed by atoms with E-state index in [2.05, 4.69) is 12.2 Å². The molecule has 0 aromatic heterocycles. The van der Waals surface area contributed by atoms with E-state index in [0.29, 0.717) is 27.2 Å². The van der Waals surface area contributed by atoms with Gasteiger partial charge in [0.25, 0.3) is 0 Å². The predicted octanol–water partition coefficient (Wildman–Crippen LogP) is 6.31. The number of alkyl halides is 1. The minimum atomic E-state index is -0.894. The smallest absolute Gasteiger partial charge is 0.248 e. The lowest BCUT2D eigenvalue weighted by Gasteiger charge is -2.35. The average molecular weight is 482 g/mol. The first kappa shape index (κ1) is 23.9. The molecule has 0 heterocycles. The fraction of sp³-hybridized carbons (Fsp3) is 0.417. The van der Waals surface area contributed by atoms with Crippen LogP contribution in [0.2, 0.25) is 10.0 Å². The van der Waals surface area contributed by atoms with Gasteiger partial charge in [0.2, 0.25) is 11.8 Å². The minimum Gasteiger partial charge on any atom is -0.351 e. The number of carbonyl (C=O) groups is 2. The van der Waals surface area contributed by atoms with Crippen LogP contribution in [0.4, 0.5) is 5.69 Å². The Morgan fingerprint density at radius 3 is 2.35 bits per heavy atom. The monoisotopic (exact) mass is 480 g/mol. The number of rotatable bonds is 6. The summed E-state index contributed by atoms with van der Waals surface area (Å²) < 4.78 is 0. The first-order valence-corrected chi connectivity index (χ1v) is 11.8. The number of halogens is 3. The molecule has 31 heavy (non-hydrogen) atoms. The number of anilines is 1. The number of nitrogens with zero attached hydrogens (tertiary/aromatic N) is 1. The van der Waals surface area contributed by atoms with Gasteiger partial charge in [0.1, 0.15) is 11.9 Å². The van der Waals surface area contributed by atoms with Crippen molar-refractivity contribution in [1.82, 2.24) is 5.32 Å². The number of aryl methyl sites for hydroxylation is 1. The highest BCUT2D eigenvalue weighted by molar-refractivity contribution is 6.32. The number of nitrogens with one attached hydrogen (secondary N) is 1. The highest BCUT2D eigenvalue weighted by Gasteiger charge is 2.35. The number of amides is 2. The summed E-state index contributed by atoms with van der Waals surface area (Å²) in [7, 11) is 0. The Morgan fingerprint density at radius 2 is 1.71 bits per heavy atom. The lowest BCUT2D eigenvalue weighted by Crippen LogP contribution is -2.49. The lowest BCUT2D eigenvalue weighted by atomic mass is 9.85. The molecule has 2 aromatic carbocycles. The van der Waals surface area contributed by atoms with Gasteiger partial charge in [-0.15, -0.1) is 11.6 Å². The maximum atomic E-state index is 13.7. The van der Waals surface area contributed by atoms with Crippen molar-refractivity contribution in [1.29, 1.82) is 0 Å². The van der Waals surface area contributed by atoms with Crippen molar-refractivity contribution in [2.24, 2.45) is 5.92 Å². The molecule has 0 saturated heterocycles. The van der Waals surface area contributed by atoms with Crippen LogP contribution in [0, 0.1) is 12.8 Å². The maximum absolute atomic E-state index is 13.7. The van der Waals surface area contributed by atoms with Gasteiger partial charge >= 0.3 is 0 Å². The van der Waals surface area contributed by atoms with Crippen LogP contribution in [0.5, 0.6) is 0 Å². The molecule has 0 spiro atoms. The molecular weight excluding hydrogens is 455 g/mol. The maximum Gasteiger partial charge on any atom is 0.248 e. The normalized spacial score (nSPS) is 19.5. The van der Waals surface area contributed by atoms with E-state index < -0.39 is 6.04 Å². The Bertz CT molecular complexity index is 933. The second kappa shape index (κ2) is 10.7. The Morgan fingerprint density at radius 1 is 1.06 bits per heavy atom. The molecule has 1 aliphatic carbocycles. The molecule has 0 bridgehead atoms. The number of hydrogen-bond acceptors (Lipinski definition) is 2. The molecule has 1 aliphatic rings. The van der Waals surface area contributed by atoms with Crippen molar-refractivity contribution >= 4 is 52.3 Å². The van der Waals surface area contributed by atoms with Crippen LogP contribution in [0.3, 0.4) is 0 Å². The van der Waals surface area contributed by atoms with Crippen LogP contribution in [-0.2, 0) is 9.59 Å². The predicted molar refractivity (Wildman–Crippen MR) is 128 cm³/mol. The van der Waals surface area contributed by atoms with Gasteiger partial charge in [0, 0.05) is 21.8 Å². The summed E-state index contributed by atoms with van der Waals surface area (Å²) in [4.78, 5) is 28.2. The fourth-order valence-electron chi connectivity index (χ4n) is 4.18. The van der Waals surface area contributed by atoms with Crippen molar-refractivity contribution in [3.05, 3.63) is 63.6 Å². The van der Waals surface area contributed by atoms with E-state index in [1.54, 1.807) is 36.4 Å². The van der Waals surface area contributed by atoms with E-state index in [9.17, 15) is 9.59 Å². The van der Waals surface area contributed by atoms with Gasteiger partial charge in [-0.25, -0.2) is 0 Å². The summed E-state index contributed by atoms with van der Waals surface area (Å²) in [6.07, 6.45) is 4.26. The topological polar surface area (TPSA) is 49.4 Å². The van der Waals surface area contributed by atoms with Gasteiger partial charge in [-0.3, -0.25) is 14.5 Å². The second-order valence-electron chi connectivity index (χ2n) is 8.16. The molecule has 0 unspecified atom stereocenters. The third kappa shape index (κ3) is 5.74. The molecule has 0 radical (unpaired) electrons. The van der Waals surface area contributed by atoms with Crippen LogP contribution >= 0.6 is 34.8 Å². The van der Waals surface area contributed by atoms with E-state index in [1.807, 2.05) is 13.0 Å². The SMILES string of the molecule is Cc1ccc(Cl)cc1N(C(=O)CCl)[C@H](C(=O)N[C@@H]1CCCC[C@H]1C)c1ccc(Cl)cc1. The zero-order chi connectivity index (χ0) is 22.5. The van der Waals surface area contributed by atoms with Gasteiger partial charge in [-0.1, -0.05) is 61.2 Å². The lowest BCUT2D eigenvalue weighted by molar-refractivity contribution is -0.126. The molecule has 7 heteroatoms. The highest BCUT2D eigenvalue weighted by atomic mass is 35.5. The minimum absolute atomic E-state index is 0.0736. The van der Waals surface area contributed by atoms with Crippen LogP contribution in [-0.4, -0.2) is 23.7 Å². The summed E-state index contributed by atoms with van der Waals surface area (Å²) in [5.74, 6) is -0.491. The summed E-state index contributed by atoms with van der Waals surface area (Å²) >= 11 is 18.3. The molecule has 166 valence electrons. The van der Waals surface area contributed by atoms with Crippen LogP contribution in [0.1, 0.15) is 49.8 Å². The fourth-order valence-corrected chi connectivity index (χ4v) is 4.60. The Kier molecular flexibility index (Phi) is 8.26. The molecule has 3 atom stereocenters. The first-order valence-electron chi connectivity index (χ1n) is 10.5. The van der Waals surface area contributed by atoms with Crippen molar-refractivity contribution in [2.45, 2.75) is 51.6 Å². The van der Waals surface area contributed by atoms with Crippen molar-refractivity contribution in [2.75, 3.05) is 10.8 Å². The van der Waals surface area contributed by atoms with E-state index in [1.165, 1.54) is 11.3 Å². The largest absolute Gasteiger partial charge is 0.351 e. The molecule has 2 aromatic rings. The van der Waals surface area contributed by atoms with Crippen molar-refractivity contribution in [3.63, 3.8) is 0 Å². The van der Waals surface area contributed by atoms with E-state index in [4.69, 9.17) is 34.8 Å². The van der Waals surface area contributed by atoms with E-state index in [-0.39, 0.29) is 23.7 Å². The number of benzene rings is 2. The molecule has 4 nitrogen and oxygen atoms in total. The van der Waals surface area contributed by atoms with Gasteiger partial charge < -0.3 is 5.32 Å². The van der Waals surface area contributed by atoms with Gasteiger partial charge in [0.05, 0.1) is 0 Å². The summed E-state index contributed by atoms with van der Waals surface area (Å²) in [5, 5.41) is 4.23. The van der Waals surface area contributed by atoms with Crippen LogP contribution in [0.25, 0.3) is 0 Å². The Labute approximate surface area is 198 Å². The second-order valence-corrected chi connectivity index (χ2v) is 9.30. The molecule has 3 rings (SSSR count). The molecule has 0 aliphatic heterocycles. The average Bonchev–Trinajstić information content (AvgIpc) is 2.76. The van der Waals surface area contributed by atoms with E-state index >= 15 is 0 Å². The standard InChI is InChI=1S/C24H27Cl3N2O2/c1-15-5-3-4-6-20(15)28-24(31)23(17-8-11-18(26)12-9-17)29(22(30)14-25)21-13-19(27)10-7-16(21)2/h7-13,15,20,23H,3-6,14H2,1-2H3,(H,28,31)/t15-,20-,23+/m1/s1. The van der Waals surface area contributed by atoms with Gasteiger partial charge in [-0.05, 0) is 61.1 Å². The van der Waals surface area contributed by atoms with Crippen LogP contribution in [0.15, 0.2) is 42.5 Å². The quantitative estimate of drug-likeness (QED) is 0.491. The molecule has 1 fully saturated rings. The first-order chi connectivity index (χ1) is 14.8. The molecule has 2 amide bonds. The highest BCUT2D eigenvalue weighted by Crippen LogP contribution is 2.34. The number of hydrogen-bond donors (Lipinski definition) is 1. The Hall–Kier alpha value is -1.75. The zero-order valence-corrected chi connectivity index (χ0v) is 20.0. The molecular formula is C24H27Cl3N2O2. The molecule has 1 saturated carbocycles. The zero-order valence-electron chi connectivity index (χ0n) is 17.7. The van der Waals surface area contributed by atoms with Crippen molar-refractivity contribution < 1.29 is 9.59 Å². The van der Waals surface area contributed by atoms with Crippen molar-refractivity contribution in [3.8, 4) is 0 Å². The van der Waals surface area contributed by atoms with Gasteiger partial charge in [-0.2, -0.15) is 0 Å². The summed E-state index contributed by atoms with van der Waals surface area (Å²) in [6, 6.07) is 11.4. The van der Waals surface area contributed by atoms with Crippen LogP contribution < -0.4 is 10.2 Å². The number of carbonyl (C=O) groups excluding carboxylic acids is 2. The van der Waals surface area contributed by atoms with Gasteiger partial charge in [0.15, 0.2) is 0 Å². The summed E-state index contributed by atoms with van der Waals surface area (Å²) in [5.41, 5.74) is 2.04. The Balaban J connectivity index is 2.07. The summed E-state index contributed by atoms with van der Waals surface area (Å²) in [6.45, 7) is 4.03. The third-order valence-corrected chi connectivity index (χ3v) is 6.66. The molecule has 1 N–H and O–H groups in total. The third-order valence-electron chi connectivity index (χ3n) is 5.95.